The van der Waals surface area contributed by atoms with Crippen molar-refractivity contribution >= 4 is 7.60 Å². The van der Waals surface area contributed by atoms with Crippen molar-refractivity contribution in [2.45, 2.75) is 97.8 Å². The molecule has 2 atom stereocenters. The zero-order valence-corrected chi connectivity index (χ0v) is 18.9. The number of rotatable bonds is 20. The summed E-state index contributed by atoms with van der Waals surface area (Å²) in [5.74, 6) is 0.405. The molecule has 0 spiro atoms. The molecule has 0 aromatic rings. The van der Waals surface area contributed by atoms with Crippen molar-refractivity contribution in [3.8, 4) is 0 Å². The molecule has 0 saturated carbocycles. The van der Waals surface area contributed by atoms with Crippen LogP contribution in [0.1, 0.15) is 97.8 Å². The van der Waals surface area contributed by atoms with Crippen LogP contribution in [0.25, 0.3) is 0 Å². The molecule has 0 radical (unpaired) electrons. The minimum absolute atomic E-state index is 0.405. The van der Waals surface area contributed by atoms with Gasteiger partial charge in [-0.1, -0.05) is 72.1 Å². The van der Waals surface area contributed by atoms with Gasteiger partial charge in [0.05, 0.1) is 19.4 Å². The molecule has 0 aliphatic rings. The van der Waals surface area contributed by atoms with Gasteiger partial charge in [-0.05, 0) is 31.6 Å². The highest BCUT2D eigenvalue weighted by Gasteiger charge is 2.25. The van der Waals surface area contributed by atoms with E-state index in [0.717, 1.165) is 45.1 Å². The van der Waals surface area contributed by atoms with Crippen molar-refractivity contribution in [3.05, 3.63) is 0 Å². The standard InChI is InChI=1S/C21H45O4P/c1-5-8-11-12-13-14-17-24-26(22,19-10-7-3)25-20-21(15-9-6-2)16-18-23-4/h21H,5-20H2,1-4H3. The Morgan fingerprint density at radius 2 is 1.38 bits per heavy atom. The minimum atomic E-state index is -2.96. The van der Waals surface area contributed by atoms with E-state index in [1.165, 1.54) is 38.5 Å². The van der Waals surface area contributed by atoms with Gasteiger partial charge >= 0.3 is 7.60 Å². The lowest BCUT2D eigenvalue weighted by molar-refractivity contribution is 0.134. The summed E-state index contributed by atoms with van der Waals surface area (Å²) in [4.78, 5) is 0. The van der Waals surface area contributed by atoms with Gasteiger partial charge in [0.1, 0.15) is 0 Å². The molecule has 0 aromatic carbocycles. The van der Waals surface area contributed by atoms with Crippen LogP contribution in [-0.2, 0) is 18.3 Å². The second-order valence-corrected chi connectivity index (χ2v) is 9.56. The summed E-state index contributed by atoms with van der Waals surface area (Å²) >= 11 is 0. The molecule has 0 fully saturated rings. The molecule has 158 valence electrons. The molecule has 0 amide bonds. The summed E-state index contributed by atoms with van der Waals surface area (Å²) in [5.41, 5.74) is 0. The van der Waals surface area contributed by atoms with Crippen LogP contribution in [0.4, 0.5) is 0 Å². The maximum atomic E-state index is 13.1. The molecule has 4 nitrogen and oxygen atoms in total. The molecule has 0 rings (SSSR count). The maximum Gasteiger partial charge on any atom is 0.330 e. The van der Waals surface area contributed by atoms with E-state index in [0.29, 0.717) is 25.3 Å². The van der Waals surface area contributed by atoms with E-state index in [-0.39, 0.29) is 0 Å². The van der Waals surface area contributed by atoms with E-state index >= 15 is 0 Å². The van der Waals surface area contributed by atoms with Crippen molar-refractivity contribution in [2.75, 3.05) is 33.1 Å². The van der Waals surface area contributed by atoms with Gasteiger partial charge in [-0.15, -0.1) is 0 Å². The first-order valence-corrected chi connectivity index (χ1v) is 12.7. The fourth-order valence-electron chi connectivity index (χ4n) is 2.91. The molecule has 5 heteroatoms. The second kappa shape index (κ2) is 18.5. The highest BCUT2D eigenvalue weighted by Crippen LogP contribution is 2.49. The fourth-order valence-corrected chi connectivity index (χ4v) is 4.79. The van der Waals surface area contributed by atoms with Gasteiger partial charge in [0, 0.05) is 13.7 Å². The normalized spacial score (nSPS) is 15.1. The topological polar surface area (TPSA) is 44.8 Å². The Labute approximate surface area is 163 Å². The molecule has 0 aliphatic heterocycles. The van der Waals surface area contributed by atoms with Crippen LogP contribution in [0.5, 0.6) is 0 Å². The first-order valence-electron chi connectivity index (χ1n) is 11.0. The summed E-state index contributed by atoms with van der Waals surface area (Å²) in [6.45, 7) is 8.36. The average molecular weight is 393 g/mol. The largest absolute Gasteiger partial charge is 0.385 e. The first kappa shape index (κ1) is 26.1. The van der Waals surface area contributed by atoms with E-state index in [4.69, 9.17) is 13.8 Å². The minimum Gasteiger partial charge on any atom is -0.385 e. The Bertz CT molecular complexity index is 328. The van der Waals surface area contributed by atoms with E-state index in [9.17, 15) is 4.57 Å². The second-order valence-electron chi connectivity index (χ2n) is 7.37. The maximum absolute atomic E-state index is 13.1. The quantitative estimate of drug-likeness (QED) is 0.162. The molecular weight excluding hydrogens is 347 g/mol. The van der Waals surface area contributed by atoms with Gasteiger partial charge in [0.2, 0.25) is 0 Å². The highest BCUT2D eigenvalue weighted by atomic mass is 31.2. The van der Waals surface area contributed by atoms with Crippen LogP contribution < -0.4 is 0 Å². The molecule has 2 unspecified atom stereocenters. The van der Waals surface area contributed by atoms with E-state index in [2.05, 4.69) is 20.8 Å². The van der Waals surface area contributed by atoms with Crippen molar-refractivity contribution in [1.82, 2.24) is 0 Å². The predicted octanol–water partition coefficient (Wildman–Crippen LogP) is 7.22. The molecule has 0 saturated heterocycles. The Hall–Kier alpha value is 0.110. The molecule has 0 aliphatic carbocycles. The average Bonchev–Trinajstić information content (AvgIpc) is 2.65. The van der Waals surface area contributed by atoms with E-state index in [1.807, 2.05) is 0 Å². The lowest BCUT2D eigenvalue weighted by Crippen LogP contribution is -2.13. The first-order chi connectivity index (χ1) is 12.6. The van der Waals surface area contributed by atoms with Crippen LogP contribution in [0.3, 0.4) is 0 Å². The summed E-state index contributed by atoms with van der Waals surface area (Å²) < 4.78 is 30.0. The van der Waals surface area contributed by atoms with Crippen molar-refractivity contribution in [3.63, 3.8) is 0 Å². The van der Waals surface area contributed by atoms with Gasteiger partial charge in [0.25, 0.3) is 0 Å². The predicted molar refractivity (Wildman–Crippen MR) is 112 cm³/mol. The van der Waals surface area contributed by atoms with Gasteiger partial charge in [-0.2, -0.15) is 0 Å². The van der Waals surface area contributed by atoms with Crippen LogP contribution in [-0.4, -0.2) is 33.1 Å². The van der Waals surface area contributed by atoms with Crippen molar-refractivity contribution in [1.29, 1.82) is 0 Å². The number of unbranched alkanes of at least 4 members (excludes halogenated alkanes) is 7. The van der Waals surface area contributed by atoms with Gasteiger partial charge in [0.15, 0.2) is 0 Å². The summed E-state index contributed by atoms with van der Waals surface area (Å²) in [6, 6.07) is 0. The lowest BCUT2D eigenvalue weighted by atomic mass is 10.0. The third-order valence-electron chi connectivity index (χ3n) is 4.77. The third-order valence-corrected chi connectivity index (χ3v) is 6.76. The highest BCUT2D eigenvalue weighted by molar-refractivity contribution is 7.53. The fraction of sp³-hybridized carbons (Fsp3) is 1.00. The Morgan fingerprint density at radius 1 is 0.731 bits per heavy atom. The van der Waals surface area contributed by atoms with Crippen LogP contribution in [0.2, 0.25) is 0 Å². The summed E-state index contributed by atoms with van der Waals surface area (Å²) in [5, 5.41) is 0. The Morgan fingerprint density at radius 3 is 2.04 bits per heavy atom. The van der Waals surface area contributed by atoms with Crippen LogP contribution in [0, 0.1) is 5.92 Å². The molecule has 0 aromatic heterocycles. The van der Waals surface area contributed by atoms with Gasteiger partial charge in [-0.3, -0.25) is 4.57 Å². The smallest absolute Gasteiger partial charge is 0.330 e. The number of methoxy groups -OCH3 is 1. The summed E-state index contributed by atoms with van der Waals surface area (Å²) in [6.07, 6.45) is 14.1. The number of hydrogen-bond donors (Lipinski definition) is 0. The van der Waals surface area contributed by atoms with Crippen LogP contribution in [0.15, 0.2) is 0 Å². The van der Waals surface area contributed by atoms with Crippen LogP contribution >= 0.6 is 7.60 Å². The van der Waals surface area contributed by atoms with Crippen molar-refractivity contribution < 1.29 is 18.3 Å². The Kier molecular flexibility index (Phi) is 18.6. The molecule has 0 heterocycles. The zero-order valence-electron chi connectivity index (χ0n) is 18.0. The number of ether oxygens (including phenoxy) is 1. The molecule has 0 bridgehead atoms. The van der Waals surface area contributed by atoms with Crippen molar-refractivity contribution in [2.24, 2.45) is 5.92 Å². The zero-order chi connectivity index (χ0) is 19.5. The lowest BCUT2D eigenvalue weighted by Gasteiger charge is -2.22. The van der Waals surface area contributed by atoms with Gasteiger partial charge in [-0.25, -0.2) is 0 Å². The Balaban J connectivity index is 4.32. The van der Waals surface area contributed by atoms with Gasteiger partial charge < -0.3 is 13.8 Å². The summed E-state index contributed by atoms with van der Waals surface area (Å²) in [7, 11) is -1.23. The number of hydrogen-bond acceptors (Lipinski definition) is 4. The monoisotopic (exact) mass is 392 g/mol. The SMILES string of the molecule is CCCCCCCCOP(=O)(CCCC)OCC(CCCC)CCOC. The van der Waals surface area contributed by atoms with E-state index in [1.54, 1.807) is 7.11 Å². The molecule has 0 N–H and O–H groups in total. The third kappa shape index (κ3) is 15.2. The molecule has 26 heavy (non-hydrogen) atoms. The molecular formula is C21H45O4P. The van der Waals surface area contributed by atoms with E-state index < -0.39 is 7.60 Å².